The Kier molecular flexibility index (Phi) is 3.73. The number of phenolic OH excluding ortho intramolecular Hbond substituents is 3. The van der Waals surface area contributed by atoms with Gasteiger partial charge in [0.2, 0.25) is 0 Å². The van der Waals surface area contributed by atoms with Crippen molar-refractivity contribution in [1.29, 1.82) is 0 Å². The molecule has 1 aliphatic rings. The van der Waals surface area contributed by atoms with E-state index in [-0.39, 0.29) is 47.4 Å². The quantitative estimate of drug-likeness (QED) is 0.803. The van der Waals surface area contributed by atoms with Gasteiger partial charge in [0.15, 0.2) is 5.78 Å². The van der Waals surface area contributed by atoms with Gasteiger partial charge in [0.25, 0.3) is 0 Å². The molecule has 0 saturated carbocycles. The largest absolute Gasteiger partial charge is 0.508 e. The van der Waals surface area contributed by atoms with E-state index in [1.165, 1.54) is 19.2 Å². The standard InChI is InChI=1S/C17H16O6/c1-22-12-3-2-9(13(19)7-12)4-10-8-23-15-6-11(18)5-14(20)16(15)17(10)21/h2-3,5-7,10,18-20H,4,8H2,1H3/t10-/m1/s1. The van der Waals surface area contributed by atoms with Crippen molar-refractivity contribution in [3.05, 3.63) is 41.5 Å². The summed E-state index contributed by atoms with van der Waals surface area (Å²) in [5.74, 6) is -0.554. The zero-order valence-electron chi connectivity index (χ0n) is 12.4. The van der Waals surface area contributed by atoms with Crippen molar-refractivity contribution in [3.63, 3.8) is 0 Å². The Morgan fingerprint density at radius 1 is 1.17 bits per heavy atom. The normalized spacial score (nSPS) is 16.6. The zero-order valence-corrected chi connectivity index (χ0v) is 12.4. The fourth-order valence-corrected chi connectivity index (χ4v) is 2.68. The number of carbonyl (C=O) groups excluding carboxylic acids is 1. The van der Waals surface area contributed by atoms with Crippen LogP contribution >= 0.6 is 0 Å². The molecule has 0 amide bonds. The molecule has 0 spiro atoms. The summed E-state index contributed by atoms with van der Waals surface area (Å²) >= 11 is 0. The molecular formula is C17H16O6. The topological polar surface area (TPSA) is 96.2 Å². The van der Waals surface area contributed by atoms with Gasteiger partial charge >= 0.3 is 0 Å². The summed E-state index contributed by atoms with van der Waals surface area (Å²) in [7, 11) is 1.50. The molecule has 23 heavy (non-hydrogen) atoms. The van der Waals surface area contributed by atoms with Crippen LogP contribution in [0.25, 0.3) is 0 Å². The summed E-state index contributed by atoms with van der Waals surface area (Å²) in [6, 6.07) is 7.27. The summed E-state index contributed by atoms with van der Waals surface area (Å²) in [6.45, 7) is 0.111. The molecule has 0 aliphatic carbocycles. The van der Waals surface area contributed by atoms with Crippen LogP contribution in [0.3, 0.4) is 0 Å². The van der Waals surface area contributed by atoms with Gasteiger partial charge in [0.1, 0.15) is 34.3 Å². The van der Waals surface area contributed by atoms with Crippen molar-refractivity contribution in [2.45, 2.75) is 6.42 Å². The minimum atomic E-state index is -0.530. The molecule has 120 valence electrons. The Morgan fingerprint density at radius 3 is 2.65 bits per heavy atom. The highest BCUT2D eigenvalue weighted by molar-refractivity contribution is 6.04. The molecule has 0 aromatic heterocycles. The highest BCUT2D eigenvalue weighted by Gasteiger charge is 2.32. The Labute approximate surface area is 132 Å². The molecule has 0 fully saturated rings. The Balaban J connectivity index is 1.87. The monoisotopic (exact) mass is 316 g/mol. The first-order valence-electron chi connectivity index (χ1n) is 7.08. The zero-order chi connectivity index (χ0) is 16.6. The van der Waals surface area contributed by atoms with Crippen LogP contribution in [0.1, 0.15) is 15.9 Å². The van der Waals surface area contributed by atoms with Crippen molar-refractivity contribution in [2.24, 2.45) is 5.92 Å². The molecular weight excluding hydrogens is 300 g/mol. The van der Waals surface area contributed by atoms with Gasteiger partial charge in [0.05, 0.1) is 19.6 Å². The van der Waals surface area contributed by atoms with Crippen LogP contribution in [0, 0.1) is 5.92 Å². The number of phenols is 3. The van der Waals surface area contributed by atoms with Crippen molar-refractivity contribution in [3.8, 4) is 28.7 Å². The van der Waals surface area contributed by atoms with E-state index < -0.39 is 5.92 Å². The lowest BCUT2D eigenvalue weighted by Gasteiger charge is -2.25. The van der Waals surface area contributed by atoms with Gasteiger partial charge in [-0.1, -0.05) is 6.07 Å². The lowest BCUT2D eigenvalue weighted by Crippen LogP contribution is -2.29. The van der Waals surface area contributed by atoms with Crippen LogP contribution < -0.4 is 9.47 Å². The first-order valence-corrected chi connectivity index (χ1v) is 7.08. The molecule has 0 saturated heterocycles. The minimum absolute atomic E-state index is 0.0397. The van der Waals surface area contributed by atoms with Gasteiger partial charge in [-0.3, -0.25) is 4.79 Å². The molecule has 0 bridgehead atoms. The van der Waals surface area contributed by atoms with E-state index in [0.717, 1.165) is 6.07 Å². The van der Waals surface area contributed by atoms with E-state index in [9.17, 15) is 20.1 Å². The smallest absolute Gasteiger partial charge is 0.177 e. The number of hydrogen-bond donors (Lipinski definition) is 3. The molecule has 3 N–H and O–H groups in total. The average Bonchev–Trinajstić information content (AvgIpc) is 2.51. The van der Waals surface area contributed by atoms with Crippen LogP contribution in [0.4, 0.5) is 0 Å². The second kappa shape index (κ2) is 5.72. The first kappa shape index (κ1) is 15.0. The summed E-state index contributed by atoms with van der Waals surface area (Å²) in [6.07, 6.45) is 0.272. The fourth-order valence-electron chi connectivity index (χ4n) is 2.68. The lowest BCUT2D eigenvalue weighted by atomic mass is 9.89. The summed E-state index contributed by atoms with van der Waals surface area (Å²) in [5, 5.41) is 29.3. The van der Waals surface area contributed by atoms with Crippen molar-refractivity contribution in [1.82, 2.24) is 0 Å². The maximum absolute atomic E-state index is 12.6. The van der Waals surface area contributed by atoms with Gasteiger partial charge in [0, 0.05) is 18.2 Å². The third-order valence-electron chi connectivity index (χ3n) is 3.88. The highest BCUT2D eigenvalue weighted by Crippen LogP contribution is 2.39. The second-order valence-corrected chi connectivity index (χ2v) is 5.41. The molecule has 1 atom stereocenters. The maximum atomic E-state index is 12.6. The number of rotatable bonds is 3. The van der Waals surface area contributed by atoms with Crippen molar-refractivity contribution < 1.29 is 29.6 Å². The number of hydrogen-bond acceptors (Lipinski definition) is 6. The molecule has 0 radical (unpaired) electrons. The van der Waals surface area contributed by atoms with Gasteiger partial charge < -0.3 is 24.8 Å². The molecule has 6 heteroatoms. The minimum Gasteiger partial charge on any atom is -0.508 e. The molecule has 1 aliphatic heterocycles. The van der Waals surface area contributed by atoms with E-state index in [4.69, 9.17) is 9.47 Å². The maximum Gasteiger partial charge on any atom is 0.177 e. The Bertz CT molecular complexity index is 768. The fraction of sp³-hybridized carbons (Fsp3) is 0.235. The Morgan fingerprint density at radius 2 is 1.96 bits per heavy atom. The number of aromatic hydroxyl groups is 3. The molecule has 0 unspecified atom stereocenters. The number of methoxy groups -OCH3 is 1. The van der Waals surface area contributed by atoms with Crippen LogP contribution in [0.5, 0.6) is 28.7 Å². The third-order valence-corrected chi connectivity index (χ3v) is 3.88. The first-order chi connectivity index (χ1) is 11.0. The van der Waals surface area contributed by atoms with Gasteiger partial charge in [-0.2, -0.15) is 0 Å². The number of ether oxygens (including phenoxy) is 2. The van der Waals surface area contributed by atoms with Crippen LogP contribution in [0.2, 0.25) is 0 Å². The Hall–Kier alpha value is -2.89. The lowest BCUT2D eigenvalue weighted by molar-refractivity contribution is 0.0825. The number of benzene rings is 2. The van der Waals surface area contributed by atoms with Crippen molar-refractivity contribution >= 4 is 5.78 Å². The number of fused-ring (bicyclic) bond motifs is 1. The van der Waals surface area contributed by atoms with Gasteiger partial charge in [-0.05, 0) is 18.1 Å². The summed E-state index contributed by atoms with van der Waals surface area (Å²) < 4.78 is 10.5. The van der Waals surface area contributed by atoms with E-state index in [1.807, 2.05) is 0 Å². The van der Waals surface area contributed by atoms with Crippen LogP contribution in [0.15, 0.2) is 30.3 Å². The number of carbonyl (C=O) groups is 1. The van der Waals surface area contributed by atoms with E-state index in [0.29, 0.717) is 11.3 Å². The van der Waals surface area contributed by atoms with Crippen LogP contribution in [-0.2, 0) is 6.42 Å². The molecule has 2 aromatic carbocycles. The van der Waals surface area contributed by atoms with Gasteiger partial charge in [-0.25, -0.2) is 0 Å². The third kappa shape index (κ3) is 2.75. The summed E-state index contributed by atoms with van der Waals surface area (Å²) in [5.41, 5.74) is 0.654. The van der Waals surface area contributed by atoms with E-state index in [1.54, 1.807) is 12.1 Å². The van der Waals surface area contributed by atoms with E-state index in [2.05, 4.69) is 0 Å². The predicted octanol–water partition coefficient (Wildman–Crippen LogP) is 2.25. The average molecular weight is 316 g/mol. The second-order valence-electron chi connectivity index (χ2n) is 5.41. The van der Waals surface area contributed by atoms with E-state index >= 15 is 0 Å². The number of ketones is 1. The highest BCUT2D eigenvalue weighted by atomic mass is 16.5. The van der Waals surface area contributed by atoms with Gasteiger partial charge in [-0.15, -0.1) is 0 Å². The number of Topliss-reactive ketones (excluding diaryl/α,β-unsaturated/α-hetero) is 1. The molecule has 2 aromatic rings. The summed E-state index contributed by atoms with van der Waals surface area (Å²) in [4.78, 5) is 12.6. The molecule has 1 heterocycles. The predicted molar refractivity (Wildman–Crippen MR) is 81.4 cm³/mol. The van der Waals surface area contributed by atoms with Crippen LogP contribution in [-0.4, -0.2) is 34.8 Å². The molecule has 3 rings (SSSR count). The SMILES string of the molecule is COc1ccc(C[C@@H]2COc3cc(O)cc(O)c3C2=O)c(O)c1. The molecule has 6 nitrogen and oxygen atoms in total. The van der Waals surface area contributed by atoms with Crippen molar-refractivity contribution in [2.75, 3.05) is 13.7 Å².